The van der Waals surface area contributed by atoms with E-state index in [1.807, 2.05) is 24.3 Å². The summed E-state index contributed by atoms with van der Waals surface area (Å²) in [5.74, 6) is -0.471. The number of hydrogen-bond acceptors (Lipinski definition) is 7. The van der Waals surface area contributed by atoms with Gasteiger partial charge >= 0.3 is 5.97 Å². The van der Waals surface area contributed by atoms with Crippen molar-refractivity contribution in [2.45, 2.75) is 13.3 Å². The number of methoxy groups -OCH3 is 1. The van der Waals surface area contributed by atoms with Gasteiger partial charge in [0.25, 0.3) is 5.56 Å². The number of carbonyl (C=O) groups excluding carboxylic acids is 1. The van der Waals surface area contributed by atoms with Crippen LogP contribution in [0.2, 0.25) is 0 Å². The second kappa shape index (κ2) is 6.81. The predicted octanol–water partition coefficient (Wildman–Crippen LogP) is 3.40. The number of hydrogen-bond donors (Lipinski definition) is 1. The van der Waals surface area contributed by atoms with Gasteiger partial charge in [-0.15, -0.1) is 5.10 Å². The number of nitrogens with one attached hydrogen (secondary N) is 1. The first-order chi connectivity index (χ1) is 13.1. The zero-order valence-corrected chi connectivity index (χ0v) is 15.5. The lowest BCUT2D eigenvalue weighted by Gasteiger charge is -2.02. The molecule has 8 heteroatoms. The van der Waals surface area contributed by atoms with Crippen LogP contribution < -0.4 is 10.9 Å². The Hall–Kier alpha value is -3.26. The summed E-state index contributed by atoms with van der Waals surface area (Å²) in [5, 5.41) is 8.49. The van der Waals surface area contributed by atoms with Gasteiger partial charge in [0.05, 0.1) is 23.6 Å². The summed E-state index contributed by atoms with van der Waals surface area (Å²) in [6, 6.07) is 12.7. The number of esters is 1. The molecule has 4 rings (SSSR count). The fraction of sp³-hybridized carbons (Fsp3) is 0.158. The van der Waals surface area contributed by atoms with Crippen molar-refractivity contribution in [1.82, 2.24) is 14.6 Å². The molecule has 0 fully saturated rings. The van der Waals surface area contributed by atoms with Gasteiger partial charge in [-0.05, 0) is 42.3 Å². The zero-order valence-electron chi connectivity index (χ0n) is 14.7. The number of ether oxygens (including phenoxy) is 1. The first kappa shape index (κ1) is 17.2. The number of anilines is 2. The normalized spacial score (nSPS) is 11.0. The van der Waals surface area contributed by atoms with Crippen LogP contribution >= 0.6 is 11.3 Å². The van der Waals surface area contributed by atoms with Gasteiger partial charge in [0.2, 0.25) is 10.1 Å². The van der Waals surface area contributed by atoms with Crippen LogP contribution in [0.1, 0.15) is 22.8 Å². The van der Waals surface area contributed by atoms with Crippen LogP contribution in [0.3, 0.4) is 0 Å². The van der Waals surface area contributed by atoms with Crippen molar-refractivity contribution in [3.8, 4) is 0 Å². The Balaban J connectivity index is 1.76. The molecule has 0 aliphatic rings. The quantitative estimate of drug-likeness (QED) is 0.546. The average molecular weight is 380 g/mol. The molecule has 0 bridgehead atoms. The van der Waals surface area contributed by atoms with E-state index in [1.54, 1.807) is 18.2 Å². The molecule has 0 spiro atoms. The van der Waals surface area contributed by atoms with Gasteiger partial charge in [-0.2, -0.15) is 4.52 Å². The van der Waals surface area contributed by atoms with Crippen LogP contribution in [0.25, 0.3) is 15.9 Å². The lowest BCUT2D eigenvalue weighted by atomic mass is 10.1. The summed E-state index contributed by atoms with van der Waals surface area (Å²) in [4.78, 5) is 29.3. The van der Waals surface area contributed by atoms with Gasteiger partial charge in [-0.3, -0.25) is 4.79 Å². The van der Waals surface area contributed by atoms with E-state index >= 15 is 0 Å². The molecular formula is C19H16N4O3S. The van der Waals surface area contributed by atoms with E-state index < -0.39 is 5.97 Å². The molecule has 2 aromatic heterocycles. The minimum absolute atomic E-state index is 0.281. The molecule has 0 radical (unpaired) electrons. The molecule has 0 aliphatic carbocycles. The molecule has 1 N–H and O–H groups in total. The smallest absolute Gasteiger partial charge is 0.337 e. The van der Waals surface area contributed by atoms with Crippen LogP contribution in [0.4, 0.5) is 10.8 Å². The van der Waals surface area contributed by atoms with Gasteiger partial charge in [0.15, 0.2) is 0 Å². The summed E-state index contributed by atoms with van der Waals surface area (Å²) in [6.07, 6.45) is 0.973. The molecule has 0 aliphatic heterocycles. The van der Waals surface area contributed by atoms with Crippen LogP contribution in [-0.2, 0) is 11.2 Å². The predicted molar refractivity (Wildman–Crippen MR) is 105 cm³/mol. The molecule has 0 saturated carbocycles. The van der Waals surface area contributed by atoms with Crippen molar-refractivity contribution in [1.29, 1.82) is 0 Å². The zero-order chi connectivity index (χ0) is 19.0. The van der Waals surface area contributed by atoms with Crippen molar-refractivity contribution in [2.24, 2.45) is 0 Å². The first-order valence-corrected chi connectivity index (χ1v) is 9.18. The van der Waals surface area contributed by atoms with Gasteiger partial charge in [0.1, 0.15) is 0 Å². The Labute approximate surface area is 158 Å². The molecule has 0 amide bonds. The number of nitrogens with zero attached hydrogens (tertiary/aromatic N) is 3. The Morgan fingerprint density at radius 1 is 1.22 bits per heavy atom. The van der Waals surface area contributed by atoms with E-state index in [4.69, 9.17) is 4.74 Å². The number of aromatic nitrogens is 3. The molecule has 0 unspecified atom stereocenters. The fourth-order valence-corrected chi connectivity index (χ4v) is 3.57. The van der Waals surface area contributed by atoms with Crippen LogP contribution in [0.15, 0.2) is 47.3 Å². The fourth-order valence-electron chi connectivity index (χ4n) is 2.75. The third kappa shape index (κ3) is 3.15. The highest BCUT2D eigenvalue weighted by molar-refractivity contribution is 7.20. The highest BCUT2D eigenvalue weighted by atomic mass is 32.1. The molecule has 4 aromatic rings. The maximum Gasteiger partial charge on any atom is 0.337 e. The van der Waals surface area contributed by atoms with Crippen LogP contribution in [0.5, 0.6) is 0 Å². The maximum atomic E-state index is 12.7. The SMILES string of the molecule is CCc1ccc(Nc2nn3c(=O)c4ccc(C(=O)OC)cc4nc3s2)cc1. The molecule has 7 nitrogen and oxygen atoms in total. The Morgan fingerprint density at radius 3 is 2.70 bits per heavy atom. The number of rotatable bonds is 4. The third-order valence-electron chi connectivity index (χ3n) is 4.23. The Bertz CT molecular complexity index is 1210. The van der Waals surface area contributed by atoms with Gasteiger partial charge in [-0.1, -0.05) is 30.4 Å². The topological polar surface area (TPSA) is 85.6 Å². The third-order valence-corrected chi connectivity index (χ3v) is 5.05. The molecule has 0 saturated heterocycles. The highest BCUT2D eigenvalue weighted by Gasteiger charge is 2.13. The van der Waals surface area contributed by atoms with Crippen molar-refractivity contribution in [2.75, 3.05) is 12.4 Å². The Morgan fingerprint density at radius 2 is 2.00 bits per heavy atom. The molecule has 2 aromatic carbocycles. The van der Waals surface area contributed by atoms with E-state index in [-0.39, 0.29) is 5.56 Å². The second-order valence-corrected chi connectivity index (χ2v) is 6.87. The molecule has 0 atom stereocenters. The minimum Gasteiger partial charge on any atom is -0.465 e. The number of carbonyl (C=O) groups is 1. The Kier molecular flexibility index (Phi) is 4.33. The van der Waals surface area contributed by atoms with E-state index in [0.29, 0.717) is 26.6 Å². The largest absolute Gasteiger partial charge is 0.465 e. The van der Waals surface area contributed by atoms with Crippen molar-refractivity contribution >= 4 is 44.0 Å². The maximum absolute atomic E-state index is 12.7. The molecule has 27 heavy (non-hydrogen) atoms. The second-order valence-electron chi connectivity index (χ2n) is 5.92. The summed E-state index contributed by atoms with van der Waals surface area (Å²) in [5.41, 5.74) is 2.63. The lowest BCUT2D eigenvalue weighted by molar-refractivity contribution is 0.0601. The van der Waals surface area contributed by atoms with E-state index in [9.17, 15) is 9.59 Å². The summed E-state index contributed by atoms with van der Waals surface area (Å²) in [7, 11) is 1.31. The van der Waals surface area contributed by atoms with E-state index in [1.165, 1.54) is 28.5 Å². The average Bonchev–Trinajstić information content (AvgIpc) is 3.10. The number of benzene rings is 2. The van der Waals surface area contributed by atoms with Crippen LogP contribution in [0, 0.1) is 0 Å². The van der Waals surface area contributed by atoms with Gasteiger partial charge in [-0.25, -0.2) is 9.78 Å². The van der Waals surface area contributed by atoms with E-state index in [2.05, 4.69) is 22.3 Å². The van der Waals surface area contributed by atoms with Crippen molar-refractivity contribution in [3.05, 3.63) is 63.9 Å². The minimum atomic E-state index is -0.471. The summed E-state index contributed by atoms with van der Waals surface area (Å²) < 4.78 is 5.99. The van der Waals surface area contributed by atoms with Crippen LogP contribution in [-0.4, -0.2) is 27.7 Å². The van der Waals surface area contributed by atoms with Crippen molar-refractivity contribution in [3.63, 3.8) is 0 Å². The molecular weight excluding hydrogens is 364 g/mol. The van der Waals surface area contributed by atoms with Gasteiger partial charge in [0, 0.05) is 5.69 Å². The van der Waals surface area contributed by atoms with Gasteiger partial charge < -0.3 is 10.1 Å². The molecule has 2 heterocycles. The number of fused-ring (bicyclic) bond motifs is 2. The standard InChI is InChI=1S/C19H16N4O3S/c1-3-11-4-7-13(8-5-11)20-18-22-23-16(24)14-9-6-12(17(25)26-2)10-15(14)21-19(23)27-18/h4-10H,3H2,1-2H3,(H,20,22). The first-order valence-electron chi connectivity index (χ1n) is 8.37. The summed E-state index contributed by atoms with van der Waals surface area (Å²) in [6.45, 7) is 2.10. The molecule has 136 valence electrons. The van der Waals surface area contributed by atoms with Crippen molar-refractivity contribution < 1.29 is 9.53 Å². The summed E-state index contributed by atoms with van der Waals surface area (Å²) >= 11 is 1.26. The monoisotopic (exact) mass is 380 g/mol. The lowest BCUT2D eigenvalue weighted by Crippen LogP contribution is -2.15. The number of aryl methyl sites for hydroxylation is 1. The van der Waals surface area contributed by atoms with E-state index in [0.717, 1.165) is 12.1 Å². The highest BCUT2D eigenvalue weighted by Crippen LogP contribution is 2.23.